The summed E-state index contributed by atoms with van der Waals surface area (Å²) >= 11 is 11.5. The average molecular weight is 318 g/mol. The summed E-state index contributed by atoms with van der Waals surface area (Å²) in [5.74, 6) is -0.113. The molecule has 0 unspecified atom stereocenters. The van der Waals surface area contributed by atoms with Crippen LogP contribution in [-0.2, 0) is 11.3 Å². The van der Waals surface area contributed by atoms with Crippen LogP contribution in [0.2, 0.25) is 10.0 Å². The zero-order chi connectivity index (χ0) is 14.9. The number of hydrogen-bond donors (Lipinski definition) is 0. The van der Waals surface area contributed by atoms with Crippen LogP contribution in [0, 0.1) is 0 Å². The normalized spacial score (nSPS) is 22.9. The number of hydrogen-bond acceptors (Lipinski definition) is 3. The average Bonchev–Trinajstić information content (AvgIpc) is 2.39. The predicted octanol–water partition coefficient (Wildman–Crippen LogP) is 2.34. The fraction of sp³-hybridized carbons (Fsp3) is 0.615. The first kappa shape index (κ1) is 15.3. The largest absolute Gasteiger partial charge is 0.336 e. The molecule has 0 radical (unpaired) electrons. The molecule has 5 nitrogen and oxygen atoms in total. The Kier molecular flexibility index (Phi) is 4.70. The van der Waals surface area contributed by atoms with Crippen LogP contribution in [0.1, 0.15) is 33.1 Å². The molecule has 0 bridgehead atoms. The zero-order valence-electron chi connectivity index (χ0n) is 11.5. The Hall–Kier alpha value is -1.07. The summed E-state index contributed by atoms with van der Waals surface area (Å²) in [6.07, 6.45) is 4.37. The first-order valence-corrected chi connectivity index (χ1v) is 7.39. The molecule has 2 heterocycles. The molecule has 20 heavy (non-hydrogen) atoms. The molecule has 2 rings (SSSR count). The van der Waals surface area contributed by atoms with Crippen LogP contribution in [0.4, 0.5) is 0 Å². The van der Waals surface area contributed by atoms with E-state index in [4.69, 9.17) is 23.2 Å². The Morgan fingerprint density at radius 2 is 1.95 bits per heavy atom. The van der Waals surface area contributed by atoms with Crippen molar-refractivity contribution in [3.8, 4) is 0 Å². The van der Waals surface area contributed by atoms with E-state index in [-0.39, 0.29) is 34.6 Å². The topological polar surface area (TPSA) is 55.2 Å². The minimum Gasteiger partial charge on any atom is -0.336 e. The fourth-order valence-corrected chi connectivity index (χ4v) is 2.95. The summed E-state index contributed by atoms with van der Waals surface area (Å²) in [6, 6.07) is 0.370. The molecule has 1 aliphatic heterocycles. The van der Waals surface area contributed by atoms with Crippen LogP contribution in [0.25, 0.3) is 0 Å². The van der Waals surface area contributed by atoms with Gasteiger partial charge < -0.3 is 4.90 Å². The number of carbonyl (C=O) groups excluding carboxylic acids is 1. The Balaban J connectivity index is 2.19. The van der Waals surface area contributed by atoms with Gasteiger partial charge in [-0.05, 0) is 33.1 Å². The first-order chi connectivity index (χ1) is 9.41. The number of piperidine rings is 1. The van der Waals surface area contributed by atoms with Gasteiger partial charge in [0.05, 0.1) is 11.2 Å². The Labute approximate surface area is 127 Å². The van der Waals surface area contributed by atoms with Crippen molar-refractivity contribution in [2.24, 2.45) is 0 Å². The fourth-order valence-electron chi connectivity index (χ4n) is 2.68. The minimum absolute atomic E-state index is 0.0973. The molecule has 1 aromatic heterocycles. The summed E-state index contributed by atoms with van der Waals surface area (Å²) in [7, 11) is 0. The van der Waals surface area contributed by atoms with Gasteiger partial charge in [-0.25, -0.2) is 4.68 Å². The van der Waals surface area contributed by atoms with Crippen molar-refractivity contribution in [1.82, 2.24) is 14.7 Å². The maximum atomic E-state index is 12.4. The van der Waals surface area contributed by atoms with Crippen molar-refractivity contribution in [2.75, 3.05) is 0 Å². The monoisotopic (exact) mass is 317 g/mol. The molecule has 1 aliphatic rings. The summed E-state index contributed by atoms with van der Waals surface area (Å²) in [5.41, 5.74) is -0.537. The van der Waals surface area contributed by atoms with E-state index in [0.717, 1.165) is 23.9 Å². The van der Waals surface area contributed by atoms with Gasteiger partial charge in [-0.3, -0.25) is 9.59 Å². The maximum absolute atomic E-state index is 12.4. The number of likely N-dealkylation sites (tertiary alicyclic amines) is 1. The van der Waals surface area contributed by atoms with E-state index in [1.165, 1.54) is 6.20 Å². The number of halogens is 2. The van der Waals surface area contributed by atoms with E-state index >= 15 is 0 Å². The van der Waals surface area contributed by atoms with Crippen LogP contribution in [0.5, 0.6) is 0 Å². The van der Waals surface area contributed by atoms with Gasteiger partial charge in [0.1, 0.15) is 11.6 Å². The molecule has 0 N–H and O–H groups in total. The lowest BCUT2D eigenvalue weighted by Crippen LogP contribution is -2.49. The molecular formula is C13H17Cl2N3O2. The smallest absolute Gasteiger partial charge is 0.287 e. The number of aromatic nitrogens is 2. The quantitative estimate of drug-likeness (QED) is 0.841. The SMILES string of the molecule is C[C@@H]1CCC[C@H](C)N1C(=O)Cn1ncc(Cl)c(Cl)c1=O. The number of rotatable bonds is 2. The lowest BCUT2D eigenvalue weighted by molar-refractivity contribution is -0.138. The highest BCUT2D eigenvalue weighted by molar-refractivity contribution is 6.41. The molecule has 2 atom stereocenters. The second kappa shape index (κ2) is 6.14. The molecule has 1 fully saturated rings. The van der Waals surface area contributed by atoms with Gasteiger partial charge in [0.2, 0.25) is 5.91 Å². The third-order valence-corrected chi connectivity index (χ3v) is 4.46. The Bertz CT molecular complexity index is 563. The molecule has 1 saturated heterocycles. The molecule has 7 heteroatoms. The first-order valence-electron chi connectivity index (χ1n) is 6.64. The number of amides is 1. The van der Waals surface area contributed by atoms with E-state index in [2.05, 4.69) is 5.10 Å². The van der Waals surface area contributed by atoms with Crippen LogP contribution in [0.3, 0.4) is 0 Å². The second-order valence-electron chi connectivity index (χ2n) is 5.20. The Morgan fingerprint density at radius 3 is 2.55 bits per heavy atom. The van der Waals surface area contributed by atoms with Crippen LogP contribution < -0.4 is 5.56 Å². The molecule has 1 aromatic rings. The van der Waals surface area contributed by atoms with Crippen molar-refractivity contribution < 1.29 is 4.79 Å². The maximum Gasteiger partial charge on any atom is 0.287 e. The molecule has 0 spiro atoms. The van der Waals surface area contributed by atoms with E-state index in [9.17, 15) is 9.59 Å². The van der Waals surface area contributed by atoms with Gasteiger partial charge in [-0.2, -0.15) is 5.10 Å². The minimum atomic E-state index is -0.537. The number of carbonyl (C=O) groups is 1. The molecule has 1 amide bonds. The van der Waals surface area contributed by atoms with E-state index in [1.54, 1.807) is 0 Å². The highest BCUT2D eigenvalue weighted by atomic mass is 35.5. The number of nitrogens with zero attached hydrogens (tertiary/aromatic N) is 3. The lowest BCUT2D eigenvalue weighted by Gasteiger charge is -2.39. The predicted molar refractivity (Wildman–Crippen MR) is 78.1 cm³/mol. The van der Waals surface area contributed by atoms with Gasteiger partial charge in [0.25, 0.3) is 5.56 Å². The van der Waals surface area contributed by atoms with Gasteiger partial charge in [0, 0.05) is 12.1 Å². The lowest BCUT2D eigenvalue weighted by atomic mass is 9.97. The zero-order valence-corrected chi connectivity index (χ0v) is 13.0. The Morgan fingerprint density at radius 1 is 1.35 bits per heavy atom. The van der Waals surface area contributed by atoms with E-state index < -0.39 is 5.56 Å². The van der Waals surface area contributed by atoms with Crippen LogP contribution in [-0.4, -0.2) is 32.7 Å². The van der Waals surface area contributed by atoms with Crippen LogP contribution in [0.15, 0.2) is 11.0 Å². The van der Waals surface area contributed by atoms with Gasteiger partial charge in [-0.15, -0.1) is 0 Å². The van der Waals surface area contributed by atoms with Crippen LogP contribution >= 0.6 is 23.2 Å². The summed E-state index contributed by atoms with van der Waals surface area (Å²) in [6.45, 7) is 3.95. The van der Waals surface area contributed by atoms with Gasteiger partial charge >= 0.3 is 0 Å². The summed E-state index contributed by atoms with van der Waals surface area (Å²) in [4.78, 5) is 26.1. The summed E-state index contributed by atoms with van der Waals surface area (Å²) in [5, 5.41) is 3.86. The van der Waals surface area contributed by atoms with Crippen molar-refractivity contribution in [1.29, 1.82) is 0 Å². The van der Waals surface area contributed by atoms with E-state index in [0.29, 0.717) is 0 Å². The van der Waals surface area contributed by atoms with Crippen molar-refractivity contribution in [3.63, 3.8) is 0 Å². The molecule has 110 valence electrons. The summed E-state index contributed by atoms with van der Waals surface area (Å²) < 4.78 is 1.06. The third-order valence-electron chi connectivity index (χ3n) is 3.71. The molecule has 0 aromatic carbocycles. The van der Waals surface area contributed by atoms with Gasteiger partial charge in [0.15, 0.2) is 0 Å². The van der Waals surface area contributed by atoms with Gasteiger partial charge in [-0.1, -0.05) is 23.2 Å². The molecular weight excluding hydrogens is 301 g/mol. The highest BCUT2D eigenvalue weighted by Crippen LogP contribution is 2.22. The van der Waals surface area contributed by atoms with Crippen molar-refractivity contribution >= 4 is 29.1 Å². The second-order valence-corrected chi connectivity index (χ2v) is 5.98. The standard InChI is InChI=1S/C13H17Cl2N3O2/c1-8-4-3-5-9(2)18(8)11(19)7-17-13(20)12(15)10(14)6-16-17/h6,8-9H,3-5,7H2,1-2H3/t8-,9+. The molecule has 0 saturated carbocycles. The molecule has 0 aliphatic carbocycles. The van der Waals surface area contributed by atoms with E-state index in [1.807, 2.05) is 18.7 Å². The van der Waals surface area contributed by atoms with Crippen molar-refractivity contribution in [2.45, 2.75) is 51.7 Å². The highest BCUT2D eigenvalue weighted by Gasteiger charge is 2.29. The third kappa shape index (κ3) is 2.99. The van der Waals surface area contributed by atoms with Crippen molar-refractivity contribution in [3.05, 3.63) is 26.6 Å².